The summed E-state index contributed by atoms with van der Waals surface area (Å²) in [6.45, 7) is 5.87. The van der Waals surface area contributed by atoms with E-state index in [0.29, 0.717) is 30.3 Å². The third-order valence-electron chi connectivity index (χ3n) is 3.07. The molecule has 0 unspecified atom stereocenters. The molecule has 1 atom stereocenters. The first-order valence-corrected chi connectivity index (χ1v) is 5.87. The number of aryl methyl sites for hydroxylation is 1. The zero-order valence-electron chi connectivity index (χ0n) is 10.2. The van der Waals surface area contributed by atoms with Gasteiger partial charge < -0.3 is 10.2 Å². The van der Waals surface area contributed by atoms with Gasteiger partial charge in [0, 0.05) is 31.2 Å². The minimum absolute atomic E-state index is 0.0859. The number of nitrogens with one attached hydrogen (secondary N) is 1. The van der Waals surface area contributed by atoms with Gasteiger partial charge in [-0.1, -0.05) is 6.07 Å². The summed E-state index contributed by atoms with van der Waals surface area (Å²) in [7, 11) is 0. The molecule has 1 aliphatic rings. The zero-order chi connectivity index (χ0) is 12.4. The molecule has 1 saturated heterocycles. The highest BCUT2D eigenvalue weighted by Gasteiger charge is 2.21. The molecule has 1 N–H and O–H groups in total. The molecule has 1 amide bonds. The number of carbonyl (C=O) groups is 1. The molecule has 1 aromatic rings. The Morgan fingerprint density at radius 1 is 1.53 bits per heavy atom. The van der Waals surface area contributed by atoms with Crippen LogP contribution in [0.15, 0.2) is 18.2 Å². The predicted octanol–water partition coefficient (Wildman–Crippen LogP) is 1.57. The van der Waals surface area contributed by atoms with E-state index < -0.39 is 0 Å². The summed E-state index contributed by atoms with van der Waals surface area (Å²) in [5, 5.41) is 3.27. The van der Waals surface area contributed by atoms with Gasteiger partial charge in [-0.15, -0.1) is 0 Å². The highest BCUT2D eigenvalue weighted by molar-refractivity contribution is 5.94. The van der Waals surface area contributed by atoms with Gasteiger partial charge in [-0.05, 0) is 31.5 Å². The van der Waals surface area contributed by atoms with Gasteiger partial charge in [-0.3, -0.25) is 4.79 Å². The van der Waals surface area contributed by atoms with Crippen molar-refractivity contribution in [2.75, 3.05) is 19.6 Å². The number of nitrogens with zero attached hydrogens (tertiary/aromatic N) is 1. The van der Waals surface area contributed by atoms with Crippen LogP contribution in [0.4, 0.5) is 4.39 Å². The molecule has 17 heavy (non-hydrogen) atoms. The van der Waals surface area contributed by atoms with Crippen LogP contribution in [0.2, 0.25) is 0 Å². The van der Waals surface area contributed by atoms with Crippen molar-refractivity contribution in [3.63, 3.8) is 0 Å². The van der Waals surface area contributed by atoms with Crippen LogP contribution in [0.25, 0.3) is 0 Å². The van der Waals surface area contributed by atoms with Crippen molar-refractivity contribution >= 4 is 5.91 Å². The van der Waals surface area contributed by atoms with E-state index in [1.165, 1.54) is 6.07 Å². The second kappa shape index (κ2) is 4.84. The third kappa shape index (κ3) is 2.64. The Bertz CT molecular complexity index is 433. The van der Waals surface area contributed by atoms with Crippen LogP contribution < -0.4 is 5.32 Å². The van der Waals surface area contributed by atoms with Crippen molar-refractivity contribution in [1.82, 2.24) is 10.2 Å². The van der Waals surface area contributed by atoms with Crippen molar-refractivity contribution in [1.29, 1.82) is 0 Å². The Morgan fingerprint density at radius 2 is 2.29 bits per heavy atom. The topological polar surface area (TPSA) is 32.3 Å². The van der Waals surface area contributed by atoms with Crippen molar-refractivity contribution in [2.45, 2.75) is 19.9 Å². The summed E-state index contributed by atoms with van der Waals surface area (Å²) < 4.78 is 13.4. The third-order valence-corrected chi connectivity index (χ3v) is 3.07. The van der Waals surface area contributed by atoms with Gasteiger partial charge in [0.1, 0.15) is 5.82 Å². The Morgan fingerprint density at radius 3 is 2.94 bits per heavy atom. The summed E-state index contributed by atoms with van der Waals surface area (Å²) in [4.78, 5) is 13.9. The number of benzene rings is 1. The van der Waals surface area contributed by atoms with E-state index in [4.69, 9.17) is 0 Å². The SMILES string of the molecule is Cc1ccc(C(=O)N2CCN[C@H](C)C2)cc1F. The molecule has 0 saturated carbocycles. The van der Waals surface area contributed by atoms with Crippen LogP contribution in [0, 0.1) is 12.7 Å². The molecule has 0 aromatic heterocycles. The van der Waals surface area contributed by atoms with Gasteiger partial charge in [-0.25, -0.2) is 4.39 Å². The molecule has 0 spiro atoms. The Balaban J connectivity index is 2.15. The molecule has 2 rings (SSSR count). The lowest BCUT2D eigenvalue weighted by molar-refractivity contribution is 0.0708. The standard InChI is InChI=1S/C13H17FN2O/c1-9-3-4-11(7-12(9)14)13(17)16-6-5-15-10(2)8-16/h3-4,7,10,15H,5-6,8H2,1-2H3/t10-/m1/s1. The molecule has 1 heterocycles. The second-order valence-electron chi connectivity index (χ2n) is 4.57. The molecule has 3 nitrogen and oxygen atoms in total. The lowest BCUT2D eigenvalue weighted by Crippen LogP contribution is -2.51. The highest BCUT2D eigenvalue weighted by atomic mass is 19.1. The summed E-state index contributed by atoms with van der Waals surface area (Å²) >= 11 is 0. The van der Waals surface area contributed by atoms with Gasteiger partial charge >= 0.3 is 0 Å². The van der Waals surface area contributed by atoms with E-state index in [1.54, 1.807) is 24.0 Å². The maximum atomic E-state index is 13.4. The fraction of sp³-hybridized carbons (Fsp3) is 0.462. The Hall–Kier alpha value is -1.42. The summed E-state index contributed by atoms with van der Waals surface area (Å²) in [5.74, 6) is -0.406. The summed E-state index contributed by atoms with van der Waals surface area (Å²) in [5.41, 5.74) is 0.998. The van der Waals surface area contributed by atoms with E-state index in [-0.39, 0.29) is 11.7 Å². The molecule has 4 heteroatoms. The van der Waals surface area contributed by atoms with E-state index in [2.05, 4.69) is 5.32 Å². The van der Waals surface area contributed by atoms with Gasteiger partial charge in [-0.2, -0.15) is 0 Å². The van der Waals surface area contributed by atoms with Crippen LogP contribution in [0.1, 0.15) is 22.8 Å². The Kier molecular flexibility index (Phi) is 3.43. The largest absolute Gasteiger partial charge is 0.336 e. The molecule has 92 valence electrons. The maximum Gasteiger partial charge on any atom is 0.254 e. The number of piperazine rings is 1. The van der Waals surface area contributed by atoms with E-state index in [0.717, 1.165) is 6.54 Å². The predicted molar refractivity (Wildman–Crippen MR) is 64.5 cm³/mol. The molecule has 0 aliphatic carbocycles. The first kappa shape index (κ1) is 12.0. The summed E-state index contributed by atoms with van der Waals surface area (Å²) in [6.07, 6.45) is 0. The lowest BCUT2D eigenvalue weighted by Gasteiger charge is -2.32. The van der Waals surface area contributed by atoms with Crippen LogP contribution in [-0.2, 0) is 0 Å². The Labute approximate surface area is 101 Å². The molecule has 0 bridgehead atoms. The average Bonchev–Trinajstić information content (AvgIpc) is 2.32. The number of amides is 1. The molecule has 1 aliphatic heterocycles. The molecular formula is C13H17FN2O. The van der Waals surface area contributed by atoms with Crippen LogP contribution >= 0.6 is 0 Å². The lowest BCUT2D eigenvalue weighted by atomic mass is 10.1. The summed E-state index contributed by atoms with van der Waals surface area (Å²) in [6, 6.07) is 4.95. The van der Waals surface area contributed by atoms with Crippen molar-refractivity contribution in [3.8, 4) is 0 Å². The second-order valence-corrected chi connectivity index (χ2v) is 4.57. The van der Waals surface area contributed by atoms with E-state index in [1.807, 2.05) is 6.92 Å². The number of halogens is 1. The first-order chi connectivity index (χ1) is 8.08. The quantitative estimate of drug-likeness (QED) is 0.802. The highest BCUT2D eigenvalue weighted by Crippen LogP contribution is 2.12. The number of hydrogen-bond donors (Lipinski definition) is 1. The smallest absolute Gasteiger partial charge is 0.254 e. The van der Waals surface area contributed by atoms with Crippen molar-refractivity contribution in [2.24, 2.45) is 0 Å². The maximum absolute atomic E-state index is 13.4. The molecule has 0 radical (unpaired) electrons. The van der Waals surface area contributed by atoms with Gasteiger partial charge in [0.05, 0.1) is 0 Å². The minimum atomic E-state index is -0.320. The zero-order valence-corrected chi connectivity index (χ0v) is 10.2. The van der Waals surface area contributed by atoms with Crippen LogP contribution in [0.3, 0.4) is 0 Å². The normalized spacial score (nSPS) is 20.4. The number of rotatable bonds is 1. The molecule has 1 aromatic carbocycles. The number of carbonyl (C=O) groups excluding carboxylic acids is 1. The monoisotopic (exact) mass is 236 g/mol. The van der Waals surface area contributed by atoms with E-state index in [9.17, 15) is 9.18 Å². The van der Waals surface area contributed by atoms with Crippen molar-refractivity contribution < 1.29 is 9.18 Å². The number of hydrogen-bond acceptors (Lipinski definition) is 2. The van der Waals surface area contributed by atoms with Gasteiger partial charge in [0.2, 0.25) is 0 Å². The van der Waals surface area contributed by atoms with Crippen LogP contribution in [-0.4, -0.2) is 36.5 Å². The van der Waals surface area contributed by atoms with Crippen molar-refractivity contribution in [3.05, 3.63) is 35.1 Å². The minimum Gasteiger partial charge on any atom is -0.336 e. The fourth-order valence-corrected chi connectivity index (χ4v) is 2.03. The average molecular weight is 236 g/mol. The fourth-order valence-electron chi connectivity index (χ4n) is 2.03. The van der Waals surface area contributed by atoms with Gasteiger partial charge in [0.15, 0.2) is 0 Å². The molecule has 1 fully saturated rings. The van der Waals surface area contributed by atoms with E-state index >= 15 is 0 Å². The van der Waals surface area contributed by atoms with Crippen LogP contribution in [0.5, 0.6) is 0 Å². The molecular weight excluding hydrogens is 219 g/mol. The first-order valence-electron chi connectivity index (χ1n) is 5.87. The van der Waals surface area contributed by atoms with Gasteiger partial charge in [0.25, 0.3) is 5.91 Å².